The van der Waals surface area contributed by atoms with E-state index in [0.717, 1.165) is 4.90 Å². The number of alkyl halides is 3. The van der Waals surface area contributed by atoms with Crippen molar-refractivity contribution in [3.63, 3.8) is 0 Å². The summed E-state index contributed by atoms with van der Waals surface area (Å²) in [5.74, 6) is 0.249. The van der Waals surface area contributed by atoms with Crippen LogP contribution in [0.4, 0.5) is 13.2 Å². The molecule has 0 aliphatic rings. The third-order valence-corrected chi connectivity index (χ3v) is 4.30. The predicted octanol–water partition coefficient (Wildman–Crippen LogP) is 2.94. The Morgan fingerprint density at radius 3 is 1.92 bits per heavy atom. The molecule has 1 aromatic rings. The summed E-state index contributed by atoms with van der Waals surface area (Å²) in [6.07, 6.45) is 4.14. The molecule has 26 heavy (non-hydrogen) atoms. The van der Waals surface area contributed by atoms with E-state index >= 15 is 0 Å². The smallest absolute Gasteiger partial charge is 0.485 e. The summed E-state index contributed by atoms with van der Waals surface area (Å²) < 4.78 is 69.6. The Hall–Kier alpha value is -1.46. The zero-order valence-electron chi connectivity index (χ0n) is 15.1. The summed E-state index contributed by atoms with van der Waals surface area (Å²) in [6, 6.07) is 5.68. The van der Waals surface area contributed by atoms with Crippen LogP contribution in [0.5, 0.6) is 5.75 Å². The van der Waals surface area contributed by atoms with Crippen molar-refractivity contribution in [2.75, 3.05) is 19.6 Å². The Morgan fingerprint density at radius 2 is 1.62 bits per heavy atom. The van der Waals surface area contributed by atoms with Gasteiger partial charge in [-0.25, -0.2) is 13.2 Å². The molecule has 0 aliphatic heterocycles. The van der Waals surface area contributed by atoms with E-state index in [9.17, 15) is 18.0 Å². The van der Waals surface area contributed by atoms with E-state index in [1.165, 1.54) is 7.11 Å². The number of methoxy groups -OCH3 is 1. The summed E-state index contributed by atoms with van der Waals surface area (Å²) in [5.41, 5.74) is -5.45. The zero-order chi connectivity index (χ0) is 20.9. The monoisotopic (exact) mass is 418 g/mol. The van der Waals surface area contributed by atoms with Crippen LogP contribution in [0.3, 0.4) is 0 Å². The molecule has 0 N–H and O–H groups in total. The van der Waals surface area contributed by atoms with Gasteiger partial charge in [0.2, 0.25) is 0 Å². The molecule has 0 aromatic heterocycles. The van der Waals surface area contributed by atoms with Crippen molar-refractivity contribution in [3.8, 4) is 5.75 Å². The standard InChI is InChI=1S/C14H21O3S.CHF3O3S/c1-14(2,3)17-10-8-7-9-11(18(5)6)12(10)13(15)16-4;2-1(3,4)8(5,6)7/h7-9H,1-6H3;(H,5,6,7)/q+1;/p-1. The fourth-order valence-corrected chi connectivity index (χ4v) is 2.51. The molecule has 0 fully saturated rings. The molecule has 11 heteroatoms. The van der Waals surface area contributed by atoms with Gasteiger partial charge in [0, 0.05) is 10.9 Å². The van der Waals surface area contributed by atoms with Crippen LogP contribution in [0.15, 0.2) is 23.1 Å². The number of carbonyl (C=O) groups excluding carboxylic acids is 1. The van der Waals surface area contributed by atoms with Crippen LogP contribution < -0.4 is 4.74 Å². The highest BCUT2D eigenvalue weighted by molar-refractivity contribution is 7.95. The molecular formula is C15H21F3O6S2. The highest BCUT2D eigenvalue weighted by Crippen LogP contribution is 2.29. The third kappa shape index (κ3) is 7.83. The Kier molecular flexibility index (Phi) is 8.45. The van der Waals surface area contributed by atoms with Crippen molar-refractivity contribution in [2.24, 2.45) is 0 Å². The minimum Gasteiger partial charge on any atom is -0.741 e. The third-order valence-electron chi connectivity index (χ3n) is 2.52. The van der Waals surface area contributed by atoms with E-state index in [-0.39, 0.29) is 22.5 Å². The van der Waals surface area contributed by atoms with Gasteiger partial charge < -0.3 is 14.0 Å². The molecule has 0 radical (unpaired) electrons. The van der Waals surface area contributed by atoms with Gasteiger partial charge in [-0.1, -0.05) is 6.07 Å². The number of rotatable bonds is 3. The van der Waals surface area contributed by atoms with E-state index in [1.54, 1.807) is 0 Å². The fraction of sp³-hybridized carbons (Fsp3) is 0.533. The van der Waals surface area contributed by atoms with Crippen LogP contribution in [-0.4, -0.2) is 49.7 Å². The van der Waals surface area contributed by atoms with Gasteiger partial charge in [-0.2, -0.15) is 13.2 Å². The molecule has 0 atom stereocenters. The average Bonchev–Trinajstić information content (AvgIpc) is 2.43. The minimum absolute atomic E-state index is 0.0322. The van der Waals surface area contributed by atoms with E-state index < -0.39 is 15.6 Å². The van der Waals surface area contributed by atoms with Gasteiger partial charge in [0.25, 0.3) is 0 Å². The van der Waals surface area contributed by atoms with E-state index in [4.69, 9.17) is 22.4 Å². The maximum absolute atomic E-state index is 11.9. The second kappa shape index (κ2) is 8.96. The first-order valence-electron chi connectivity index (χ1n) is 7.01. The van der Waals surface area contributed by atoms with Crippen molar-refractivity contribution in [1.82, 2.24) is 0 Å². The summed E-state index contributed by atoms with van der Waals surface area (Å²) in [5, 5.41) is 0. The van der Waals surface area contributed by atoms with Gasteiger partial charge in [0.05, 0.1) is 7.11 Å². The quantitative estimate of drug-likeness (QED) is 0.324. The number of ether oxygens (including phenoxy) is 2. The van der Waals surface area contributed by atoms with Crippen molar-refractivity contribution >= 4 is 27.0 Å². The van der Waals surface area contributed by atoms with Crippen LogP contribution in [0, 0.1) is 0 Å². The first-order valence-corrected chi connectivity index (χ1v) is 10.5. The van der Waals surface area contributed by atoms with Gasteiger partial charge in [-0.15, -0.1) is 0 Å². The maximum Gasteiger partial charge on any atom is 0.485 e. The fourth-order valence-electron chi connectivity index (χ4n) is 1.57. The molecule has 0 unspecified atom stereocenters. The Bertz CT molecular complexity index is 722. The lowest BCUT2D eigenvalue weighted by Gasteiger charge is -2.23. The van der Waals surface area contributed by atoms with Gasteiger partial charge >= 0.3 is 11.5 Å². The van der Waals surface area contributed by atoms with Crippen LogP contribution in [-0.2, 0) is 25.7 Å². The summed E-state index contributed by atoms with van der Waals surface area (Å²) >= 11 is 0. The molecule has 0 bridgehead atoms. The normalized spacial score (nSPS) is 12.3. The molecule has 0 saturated carbocycles. The topological polar surface area (TPSA) is 92.7 Å². The van der Waals surface area contributed by atoms with Crippen molar-refractivity contribution in [2.45, 2.75) is 36.8 Å². The molecule has 1 rings (SSSR count). The van der Waals surface area contributed by atoms with E-state index in [0.29, 0.717) is 11.3 Å². The van der Waals surface area contributed by atoms with Gasteiger partial charge in [-0.3, -0.25) is 0 Å². The first kappa shape index (κ1) is 24.5. The first-order chi connectivity index (χ1) is 11.5. The van der Waals surface area contributed by atoms with Gasteiger partial charge in [0.1, 0.15) is 23.9 Å². The van der Waals surface area contributed by atoms with Crippen molar-refractivity contribution < 1.29 is 40.4 Å². The van der Waals surface area contributed by atoms with Crippen LogP contribution in [0.2, 0.25) is 0 Å². The number of carbonyl (C=O) groups is 1. The number of benzene rings is 1. The molecular weight excluding hydrogens is 397 g/mol. The lowest BCUT2D eigenvalue weighted by molar-refractivity contribution is -0.0517. The average molecular weight is 418 g/mol. The van der Waals surface area contributed by atoms with Crippen LogP contribution >= 0.6 is 0 Å². The van der Waals surface area contributed by atoms with Gasteiger partial charge in [0.15, 0.2) is 20.6 Å². The second-order valence-electron chi connectivity index (χ2n) is 6.05. The highest BCUT2D eigenvalue weighted by atomic mass is 32.2. The van der Waals surface area contributed by atoms with Crippen LogP contribution in [0.25, 0.3) is 0 Å². The SMILES string of the molecule is COC(=O)c1c(OC(C)(C)C)cccc1[S+](C)C.O=S(=O)([O-])C(F)(F)F. The number of halogens is 3. The summed E-state index contributed by atoms with van der Waals surface area (Å²) in [4.78, 5) is 12.9. The molecule has 0 aliphatic carbocycles. The van der Waals surface area contributed by atoms with Crippen LogP contribution in [0.1, 0.15) is 31.1 Å². The summed E-state index contributed by atoms with van der Waals surface area (Å²) in [7, 11) is -4.73. The summed E-state index contributed by atoms with van der Waals surface area (Å²) in [6.45, 7) is 5.87. The second-order valence-corrected chi connectivity index (χ2v) is 9.50. The Balaban J connectivity index is 0.000000660. The molecule has 150 valence electrons. The lowest BCUT2D eigenvalue weighted by Crippen LogP contribution is -2.25. The van der Waals surface area contributed by atoms with Crippen molar-refractivity contribution in [1.29, 1.82) is 0 Å². The van der Waals surface area contributed by atoms with Gasteiger partial charge in [-0.05, 0) is 32.9 Å². The van der Waals surface area contributed by atoms with Crippen molar-refractivity contribution in [3.05, 3.63) is 23.8 Å². The minimum atomic E-state index is -6.09. The largest absolute Gasteiger partial charge is 0.741 e. The lowest BCUT2D eigenvalue weighted by atomic mass is 10.1. The Morgan fingerprint density at radius 1 is 1.15 bits per heavy atom. The molecule has 0 heterocycles. The zero-order valence-corrected chi connectivity index (χ0v) is 16.8. The molecule has 0 saturated heterocycles. The Labute approximate surface area is 153 Å². The maximum atomic E-state index is 11.9. The molecule has 0 amide bonds. The van der Waals surface area contributed by atoms with E-state index in [2.05, 4.69) is 12.5 Å². The molecule has 1 aromatic carbocycles. The number of hydrogen-bond donors (Lipinski definition) is 0. The number of esters is 1. The predicted molar refractivity (Wildman–Crippen MR) is 91.4 cm³/mol. The molecule has 0 spiro atoms. The number of hydrogen-bond acceptors (Lipinski definition) is 6. The molecule has 6 nitrogen and oxygen atoms in total. The highest BCUT2D eigenvalue weighted by Gasteiger charge is 2.37. The van der Waals surface area contributed by atoms with E-state index in [1.807, 2.05) is 39.0 Å².